The van der Waals surface area contributed by atoms with Gasteiger partial charge in [-0.25, -0.2) is 0 Å². The molecular weight excluding hydrogens is 224 g/mol. The van der Waals surface area contributed by atoms with E-state index >= 15 is 0 Å². The molecule has 1 fully saturated rings. The van der Waals surface area contributed by atoms with Crippen molar-refractivity contribution in [1.29, 1.82) is 0 Å². The smallest absolute Gasteiger partial charge is 0.228 e. The van der Waals surface area contributed by atoms with Crippen LogP contribution in [-0.4, -0.2) is 19.0 Å². The molecule has 0 aliphatic carbocycles. The summed E-state index contributed by atoms with van der Waals surface area (Å²) in [5.41, 5.74) is 3.31. The molecule has 3 heteroatoms. The Hall–Kier alpha value is -1.35. The van der Waals surface area contributed by atoms with Gasteiger partial charge in [0.15, 0.2) is 0 Å². The summed E-state index contributed by atoms with van der Waals surface area (Å²) in [7, 11) is 0. The van der Waals surface area contributed by atoms with Gasteiger partial charge in [0.2, 0.25) is 5.91 Å². The molecule has 1 heterocycles. The summed E-state index contributed by atoms with van der Waals surface area (Å²) < 4.78 is 0. The lowest BCUT2D eigenvalue weighted by Gasteiger charge is -2.27. The van der Waals surface area contributed by atoms with Gasteiger partial charge in [-0.1, -0.05) is 19.1 Å². The molecule has 1 aromatic rings. The number of amides is 1. The van der Waals surface area contributed by atoms with Crippen LogP contribution in [0.25, 0.3) is 0 Å². The molecule has 0 radical (unpaired) electrons. The van der Waals surface area contributed by atoms with Crippen molar-refractivity contribution in [2.75, 3.05) is 18.4 Å². The Morgan fingerprint density at radius 3 is 2.83 bits per heavy atom. The summed E-state index contributed by atoms with van der Waals surface area (Å²) >= 11 is 0. The van der Waals surface area contributed by atoms with Gasteiger partial charge in [0.1, 0.15) is 0 Å². The van der Waals surface area contributed by atoms with Crippen molar-refractivity contribution < 1.29 is 4.79 Å². The molecule has 0 saturated carbocycles. The summed E-state index contributed by atoms with van der Waals surface area (Å²) in [5.74, 6) is 0.810. The molecule has 0 bridgehead atoms. The Kier molecular flexibility index (Phi) is 4.02. The fourth-order valence-electron chi connectivity index (χ4n) is 2.48. The molecule has 2 unspecified atom stereocenters. The van der Waals surface area contributed by atoms with Crippen LogP contribution in [0.15, 0.2) is 18.2 Å². The van der Waals surface area contributed by atoms with Crippen molar-refractivity contribution in [3.05, 3.63) is 29.3 Å². The highest BCUT2D eigenvalue weighted by molar-refractivity contribution is 5.93. The predicted molar refractivity (Wildman–Crippen MR) is 74.7 cm³/mol. The van der Waals surface area contributed by atoms with Gasteiger partial charge in [-0.2, -0.15) is 0 Å². The van der Waals surface area contributed by atoms with E-state index in [9.17, 15) is 4.79 Å². The molecule has 0 aromatic heterocycles. The minimum atomic E-state index is 0.0914. The molecule has 2 rings (SSSR count). The van der Waals surface area contributed by atoms with E-state index in [-0.39, 0.29) is 11.8 Å². The average molecular weight is 246 g/mol. The lowest BCUT2D eigenvalue weighted by molar-refractivity contribution is -0.120. The minimum Gasteiger partial charge on any atom is -0.326 e. The van der Waals surface area contributed by atoms with Crippen LogP contribution in [0.1, 0.15) is 24.5 Å². The maximum atomic E-state index is 12.2. The Labute approximate surface area is 109 Å². The summed E-state index contributed by atoms with van der Waals surface area (Å²) in [6.07, 6.45) is 0.976. The van der Waals surface area contributed by atoms with Crippen LogP contribution in [0.4, 0.5) is 5.69 Å². The molecule has 3 nitrogen and oxygen atoms in total. The van der Waals surface area contributed by atoms with Gasteiger partial charge in [0.05, 0.1) is 5.92 Å². The van der Waals surface area contributed by atoms with Gasteiger partial charge in [-0.3, -0.25) is 4.79 Å². The fraction of sp³-hybridized carbons (Fsp3) is 0.533. The monoisotopic (exact) mass is 246 g/mol. The number of carbonyl (C=O) groups is 1. The molecule has 18 heavy (non-hydrogen) atoms. The molecule has 1 aliphatic heterocycles. The van der Waals surface area contributed by atoms with E-state index in [0.29, 0.717) is 5.92 Å². The molecule has 1 aliphatic rings. The van der Waals surface area contributed by atoms with Crippen molar-refractivity contribution in [2.24, 2.45) is 11.8 Å². The maximum absolute atomic E-state index is 12.2. The normalized spacial score (nSPS) is 23.7. The van der Waals surface area contributed by atoms with Gasteiger partial charge in [0.25, 0.3) is 0 Å². The first kappa shape index (κ1) is 13.1. The molecule has 2 atom stereocenters. The lowest BCUT2D eigenvalue weighted by Crippen LogP contribution is -2.41. The van der Waals surface area contributed by atoms with E-state index in [2.05, 4.69) is 30.5 Å². The maximum Gasteiger partial charge on any atom is 0.228 e. The van der Waals surface area contributed by atoms with Crippen LogP contribution < -0.4 is 10.6 Å². The van der Waals surface area contributed by atoms with E-state index in [0.717, 1.165) is 30.8 Å². The SMILES string of the molecule is Cc1cccc(NC(=O)C2CNCC(C)C2)c1C. The molecule has 2 N–H and O–H groups in total. The van der Waals surface area contributed by atoms with E-state index in [1.54, 1.807) is 0 Å². The minimum absolute atomic E-state index is 0.0914. The van der Waals surface area contributed by atoms with Crippen molar-refractivity contribution in [2.45, 2.75) is 27.2 Å². The number of rotatable bonds is 2. The largest absolute Gasteiger partial charge is 0.326 e. The second kappa shape index (κ2) is 5.53. The molecule has 1 aromatic carbocycles. The van der Waals surface area contributed by atoms with Crippen molar-refractivity contribution in [1.82, 2.24) is 5.32 Å². The van der Waals surface area contributed by atoms with Gasteiger partial charge in [-0.05, 0) is 49.9 Å². The zero-order valence-corrected chi connectivity index (χ0v) is 11.4. The van der Waals surface area contributed by atoms with Gasteiger partial charge >= 0.3 is 0 Å². The number of anilines is 1. The van der Waals surface area contributed by atoms with Crippen LogP contribution in [-0.2, 0) is 4.79 Å². The second-order valence-electron chi connectivity index (χ2n) is 5.43. The number of benzene rings is 1. The first-order valence-electron chi connectivity index (χ1n) is 6.65. The van der Waals surface area contributed by atoms with E-state index in [1.807, 2.05) is 19.1 Å². The van der Waals surface area contributed by atoms with E-state index in [1.165, 1.54) is 5.56 Å². The summed E-state index contributed by atoms with van der Waals surface area (Å²) in [5, 5.41) is 6.38. The first-order chi connectivity index (χ1) is 8.58. The zero-order valence-electron chi connectivity index (χ0n) is 11.4. The topological polar surface area (TPSA) is 41.1 Å². The molecular formula is C15H22N2O. The summed E-state index contributed by atoms with van der Waals surface area (Å²) in [6.45, 7) is 8.11. The summed E-state index contributed by atoms with van der Waals surface area (Å²) in [4.78, 5) is 12.2. The van der Waals surface area contributed by atoms with Gasteiger partial charge < -0.3 is 10.6 Å². The van der Waals surface area contributed by atoms with Crippen molar-refractivity contribution in [3.63, 3.8) is 0 Å². The number of carbonyl (C=O) groups excluding carboxylic acids is 1. The van der Waals surface area contributed by atoms with Crippen LogP contribution in [0, 0.1) is 25.7 Å². The standard InChI is InChI=1S/C15H22N2O/c1-10-7-13(9-16-8-10)15(18)17-14-6-4-5-11(2)12(14)3/h4-6,10,13,16H,7-9H2,1-3H3,(H,17,18). The van der Waals surface area contributed by atoms with Gasteiger partial charge in [-0.15, -0.1) is 0 Å². The predicted octanol–water partition coefficient (Wildman–Crippen LogP) is 2.49. The fourth-order valence-corrected chi connectivity index (χ4v) is 2.48. The number of piperidine rings is 1. The number of nitrogens with one attached hydrogen (secondary N) is 2. The van der Waals surface area contributed by atoms with Crippen LogP contribution in [0.3, 0.4) is 0 Å². The Morgan fingerprint density at radius 1 is 1.33 bits per heavy atom. The molecule has 1 amide bonds. The Bertz CT molecular complexity index is 442. The highest BCUT2D eigenvalue weighted by atomic mass is 16.1. The zero-order chi connectivity index (χ0) is 13.1. The van der Waals surface area contributed by atoms with Crippen LogP contribution >= 0.6 is 0 Å². The van der Waals surface area contributed by atoms with E-state index < -0.39 is 0 Å². The molecule has 0 spiro atoms. The third-order valence-electron chi connectivity index (χ3n) is 3.80. The number of aryl methyl sites for hydroxylation is 1. The quantitative estimate of drug-likeness (QED) is 0.841. The van der Waals surface area contributed by atoms with Crippen molar-refractivity contribution >= 4 is 11.6 Å². The third-order valence-corrected chi connectivity index (χ3v) is 3.80. The molecule has 1 saturated heterocycles. The average Bonchev–Trinajstić information content (AvgIpc) is 2.35. The summed E-state index contributed by atoms with van der Waals surface area (Å²) in [6, 6.07) is 6.02. The Morgan fingerprint density at radius 2 is 2.11 bits per heavy atom. The van der Waals surface area contributed by atoms with E-state index in [4.69, 9.17) is 0 Å². The highest BCUT2D eigenvalue weighted by Gasteiger charge is 2.25. The van der Waals surface area contributed by atoms with Crippen molar-refractivity contribution in [3.8, 4) is 0 Å². The van der Waals surface area contributed by atoms with Crippen LogP contribution in [0.2, 0.25) is 0 Å². The highest BCUT2D eigenvalue weighted by Crippen LogP contribution is 2.21. The van der Waals surface area contributed by atoms with Gasteiger partial charge in [0, 0.05) is 12.2 Å². The number of hydrogen-bond donors (Lipinski definition) is 2. The number of hydrogen-bond acceptors (Lipinski definition) is 2. The molecule has 98 valence electrons. The second-order valence-corrected chi connectivity index (χ2v) is 5.43. The van der Waals surface area contributed by atoms with Crippen LogP contribution in [0.5, 0.6) is 0 Å². The lowest BCUT2D eigenvalue weighted by atomic mass is 9.91. The first-order valence-corrected chi connectivity index (χ1v) is 6.65. The Balaban J connectivity index is 2.04. The third kappa shape index (κ3) is 2.91.